The maximum Gasteiger partial charge on any atom is 0.371 e. The summed E-state index contributed by atoms with van der Waals surface area (Å²) < 4.78 is 4.43. The van der Waals surface area contributed by atoms with Crippen LogP contribution >= 0.6 is 0 Å². The summed E-state index contributed by atoms with van der Waals surface area (Å²) >= 11 is 0. The molecule has 0 rings (SSSR count). The summed E-state index contributed by atoms with van der Waals surface area (Å²) in [5.41, 5.74) is -0.231. The van der Waals surface area contributed by atoms with Crippen molar-refractivity contribution in [2.24, 2.45) is 0 Å². The molecule has 0 aliphatic carbocycles. The second kappa shape index (κ2) is 4.38. The average Bonchev–Trinajstić information content (AvgIpc) is 1.98. The summed E-state index contributed by atoms with van der Waals surface area (Å²) in [6.45, 7) is 1.55. The minimum Gasteiger partial charge on any atom is -0.489 e. The van der Waals surface area contributed by atoms with Crippen LogP contribution in [-0.4, -0.2) is 29.3 Å². The molecule has 2 N–H and O–H groups in total. The van der Waals surface area contributed by atoms with Gasteiger partial charge in [0.15, 0.2) is 0 Å². The Morgan fingerprint density at radius 2 is 1.75 bits per heavy atom. The Bertz CT molecular complexity index is 204. The van der Waals surface area contributed by atoms with Crippen molar-refractivity contribution in [3.8, 4) is 0 Å². The van der Waals surface area contributed by atoms with Gasteiger partial charge in [0.1, 0.15) is 0 Å². The second-order valence-corrected chi connectivity index (χ2v) is 1.98. The molecule has 0 aliphatic heterocycles. The fraction of sp³-hybridized carbons (Fsp3) is 0.429. The summed E-state index contributed by atoms with van der Waals surface area (Å²) in [5.74, 6) is -3.14. The van der Waals surface area contributed by atoms with E-state index in [1.165, 1.54) is 0 Å². The minimum atomic E-state index is -1.36. The van der Waals surface area contributed by atoms with E-state index in [0.29, 0.717) is 0 Å². The molecule has 0 radical (unpaired) electrons. The Labute approximate surface area is 69.3 Å². The van der Waals surface area contributed by atoms with Crippen LogP contribution in [0.5, 0.6) is 0 Å². The number of carbonyl (C=O) groups is 2. The van der Waals surface area contributed by atoms with Gasteiger partial charge in [0.25, 0.3) is 0 Å². The number of rotatable bonds is 4. The second-order valence-electron chi connectivity index (χ2n) is 1.98. The van der Waals surface area contributed by atoms with E-state index in [9.17, 15) is 9.59 Å². The summed E-state index contributed by atoms with van der Waals surface area (Å²) in [6.07, 6.45) is 0.116. The first-order valence-electron chi connectivity index (χ1n) is 3.28. The smallest absolute Gasteiger partial charge is 0.371 e. The topological polar surface area (TPSA) is 83.8 Å². The van der Waals surface area contributed by atoms with Crippen molar-refractivity contribution in [2.75, 3.05) is 7.11 Å². The van der Waals surface area contributed by atoms with Crippen LogP contribution in [0.4, 0.5) is 0 Å². The molecule has 0 aromatic heterocycles. The zero-order valence-electron chi connectivity index (χ0n) is 6.83. The van der Waals surface area contributed by atoms with Crippen molar-refractivity contribution >= 4 is 11.9 Å². The molecule has 0 saturated carbocycles. The molecule has 0 bridgehead atoms. The van der Waals surface area contributed by atoms with Gasteiger partial charge in [0, 0.05) is 0 Å². The molecular weight excluding hydrogens is 164 g/mol. The molecule has 0 fully saturated rings. The summed E-state index contributed by atoms with van der Waals surface area (Å²) in [7, 11) is 1.13. The number of hydrogen-bond donors (Lipinski definition) is 2. The normalized spacial score (nSPS) is 11.8. The molecule has 12 heavy (non-hydrogen) atoms. The minimum absolute atomic E-state index is 0.116. The van der Waals surface area contributed by atoms with E-state index in [-0.39, 0.29) is 12.0 Å². The Morgan fingerprint density at radius 3 is 1.83 bits per heavy atom. The van der Waals surface area contributed by atoms with Crippen LogP contribution in [0.25, 0.3) is 0 Å². The van der Waals surface area contributed by atoms with Crippen LogP contribution < -0.4 is 0 Å². The average molecular weight is 174 g/mol. The van der Waals surface area contributed by atoms with E-state index < -0.39 is 17.7 Å². The van der Waals surface area contributed by atoms with E-state index in [1.807, 2.05) is 0 Å². The molecule has 0 aromatic carbocycles. The van der Waals surface area contributed by atoms with Gasteiger partial charge in [-0.25, -0.2) is 9.59 Å². The zero-order valence-corrected chi connectivity index (χ0v) is 6.83. The Hall–Kier alpha value is -1.52. The fourth-order valence-corrected chi connectivity index (χ4v) is 0.748. The van der Waals surface area contributed by atoms with Gasteiger partial charge in [-0.3, -0.25) is 0 Å². The van der Waals surface area contributed by atoms with Crippen LogP contribution in [0.2, 0.25) is 0 Å². The zero-order chi connectivity index (χ0) is 9.72. The maximum absolute atomic E-state index is 10.4. The number of hydrogen-bond acceptors (Lipinski definition) is 3. The molecule has 68 valence electrons. The van der Waals surface area contributed by atoms with E-state index in [1.54, 1.807) is 6.92 Å². The third kappa shape index (κ3) is 2.26. The molecule has 0 aromatic rings. The van der Waals surface area contributed by atoms with Gasteiger partial charge < -0.3 is 14.9 Å². The van der Waals surface area contributed by atoms with Crippen LogP contribution in [-0.2, 0) is 14.3 Å². The number of ether oxygens (including phenoxy) is 1. The molecule has 0 saturated heterocycles. The molecule has 5 nitrogen and oxygen atoms in total. The lowest BCUT2D eigenvalue weighted by Gasteiger charge is -2.04. The molecule has 0 aliphatic rings. The molecule has 0 heterocycles. The van der Waals surface area contributed by atoms with E-state index in [0.717, 1.165) is 7.11 Å². The highest BCUT2D eigenvalue weighted by Crippen LogP contribution is 2.09. The quantitative estimate of drug-likeness (QED) is 0.478. The number of methoxy groups -OCH3 is 1. The largest absolute Gasteiger partial charge is 0.489 e. The molecule has 0 spiro atoms. The van der Waals surface area contributed by atoms with Crippen molar-refractivity contribution in [1.29, 1.82) is 0 Å². The molecule has 0 atom stereocenters. The molecule has 0 amide bonds. The Morgan fingerprint density at radius 1 is 1.25 bits per heavy atom. The SMILES string of the molecule is CC/C(C(=O)O)=C(\OC)C(=O)O. The predicted octanol–water partition coefficient (Wildman–Crippen LogP) is 0.466. The summed E-state index contributed by atoms with van der Waals surface area (Å²) in [4.78, 5) is 20.8. The highest BCUT2D eigenvalue weighted by atomic mass is 16.5. The van der Waals surface area contributed by atoms with Crippen molar-refractivity contribution in [3.05, 3.63) is 11.3 Å². The highest BCUT2D eigenvalue weighted by molar-refractivity contribution is 5.97. The van der Waals surface area contributed by atoms with Crippen molar-refractivity contribution < 1.29 is 24.5 Å². The number of aliphatic carboxylic acids is 2. The van der Waals surface area contributed by atoms with E-state index >= 15 is 0 Å². The number of carboxylic acid groups (broad SMARTS) is 2. The van der Waals surface area contributed by atoms with Crippen LogP contribution in [0.1, 0.15) is 13.3 Å². The van der Waals surface area contributed by atoms with Crippen LogP contribution in [0.3, 0.4) is 0 Å². The summed E-state index contributed by atoms with van der Waals surface area (Å²) in [6, 6.07) is 0. The van der Waals surface area contributed by atoms with E-state index in [4.69, 9.17) is 10.2 Å². The first-order chi connectivity index (χ1) is 5.54. The first-order valence-corrected chi connectivity index (χ1v) is 3.28. The predicted molar refractivity (Wildman–Crippen MR) is 39.6 cm³/mol. The van der Waals surface area contributed by atoms with Gasteiger partial charge in [-0.05, 0) is 6.42 Å². The number of carboxylic acids is 2. The van der Waals surface area contributed by atoms with Crippen LogP contribution in [0.15, 0.2) is 11.3 Å². The molecule has 5 heteroatoms. The van der Waals surface area contributed by atoms with Gasteiger partial charge in [-0.15, -0.1) is 0 Å². The first kappa shape index (κ1) is 10.5. The van der Waals surface area contributed by atoms with E-state index in [2.05, 4.69) is 4.74 Å². The molecule has 0 unspecified atom stereocenters. The fourth-order valence-electron chi connectivity index (χ4n) is 0.748. The van der Waals surface area contributed by atoms with Crippen LogP contribution in [0, 0.1) is 0 Å². The molecular formula is C7H10O5. The van der Waals surface area contributed by atoms with Gasteiger partial charge in [0.2, 0.25) is 5.76 Å². The lowest BCUT2D eigenvalue weighted by Crippen LogP contribution is -2.12. The maximum atomic E-state index is 10.4. The summed E-state index contributed by atoms with van der Waals surface area (Å²) in [5, 5.41) is 17.0. The third-order valence-electron chi connectivity index (χ3n) is 1.28. The van der Waals surface area contributed by atoms with Gasteiger partial charge in [-0.1, -0.05) is 6.92 Å². The van der Waals surface area contributed by atoms with Crippen molar-refractivity contribution in [2.45, 2.75) is 13.3 Å². The van der Waals surface area contributed by atoms with Gasteiger partial charge >= 0.3 is 11.9 Å². The Balaban J connectivity index is 5.01. The highest BCUT2D eigenvalue weighted by Gasteiger charge is 2.18. The lowest BCUT2D eigenvalue weighted by molar-refractivity contribution is -0.138. The van der Waals surface area contributed by atoms with Gasteiger partial charge in [-0.2, -0.15) is 0 Å². The Kier molecular flexibility index (Phi) is 3.82. The standard InChI is InChI=1S/C7H10O5/c1-3-4(6(8)9)5(12-2)7(10)11/h3H2,1-2H3,(H,8,9)(H,10,11)/b5-4+. The lowest BCUT2D eigenvalue weighted by atomic mass is 10.2. The third-order valence-corrected chi connectivity index (χ3v) is 1.28. The van der Waals surface area contributed by atoms with Gasteiger partial charge in [0.05, 0.1) is 12.7 Å². The van der Waals surface area contributed by atoms with Crippen molar-refractivity contribution in [3.63, 3.8) is 0 Å². The van der Waals surface area contributed by atoms with Crippen molar-refractivity contribution in [1.82, 2.24) is 0 Å². The monoisotopic (exact) mass is 174 g/mol.